The molecule has 3 N–H and O–H groups in total. The zero-order valence-electron chi connectivity index (χ0n) is 14.2. The summed E-state index contributed by atoms with van der Waals surface area (Å²) in [6.45, 7) is 7.48. The van der Waals surface area contributed by atoms with Crippen LogP contribution in [0.25, 0.3) is 11.2 Å². The molecule has 0 amide bonds. The molecular weight excluding hydrogens is 306 g/mol. The van der Waals surface area contributed by atoms with Gasteiger partial charge >= 0.3 is 0 Å². The monoisotopic (exact) mass is 331 g/mol. The highest BCUT2D eigenvalue weighted by Crippen LogP contribution is 2.27. The van der Waals surface area contributed by atoms with Gasteiger partial charge in [0.05, 0.1) is 12.4 Å². The molecule has 0 unspecified atom stereocenters. The Kier molecular flexibility index (Phi) is 4.01. The highest BCUT2D eigenvalue weighted by atomic mass is 16.3. The van der Waals surface area contributed by atoms with Crippen LogP contribution in [0.5, 0.6) is 0 Å². The van der Waals surface area contributed by atoms with E-state index in [-0.39, 0.29) is 12.1 Å². The molecule has 2 aromatic rings. The lowest BCUT2D eigenvalue weighted by Gasteiger charge is -2.36. The summed E-state index contributed by atoms with van der Waals surface area (Å²) >= 11 is 0. The number of rotatable bonds is 4. The van der Waals surface area contributed by atoms with Gasteiger partial charge in [-0.3, -0.25) is 0 Å². The molecule has 0 radical (unpaired) electrons. The maximum atomic E-state index is 9.59. The smallest absolute Gasteiger partial charge is 0.229 e. The Morgan fingerprint density at radius 3 is 2.67 bits per heavy atom. The van der Waals surface area contributed by atoms with Gasteiger partial charge in [0.25, 0.3) is 0 Å². The molecule has 0 atom stereocenters. The first-order valence-corrected chi connectivity index (χ1v) is 8.76. The van der Waals surface area contributed by atoms with E-state index in [9.17, 15) is 5.11 Å². The number of β-amino-alcohol motifs (C(OH)–C–C–N with tert-alkyl or cyclic N) is 1. The van der Waals surface area contributed by atoms with Crippen molar-refractivity contribution in [3.05, 3.63) is 6.33 Å². The van der Waals surface area contributed by atoms with E-state index in [2.05, 4.69) is 34.0 Å². The topological polar surface area (TPSA) is 91.1 Å². The molecule has 2 saturated heterocycles. The van der Waals surface area contributed by atoms with Gasteiger partial charge in [0, 0.05) is 25.2 Å². The number of aliphatic hydroxyl groups is 1. The van der Waals surface area contributed by atoms with E-state index in [0.717, 1.165) is 42.9 Å². The van der Waals surface area contributed by atoms with Gasteiger partial charge in [0.1, 0.15) is 0 Å². The molecule has 0 saturated carbocycles. The van der Waals surface area contributed by atoms with Crippen LogP contribution in [0, 0.1) is 0 Å². The SMILES string of the molecule is CC(C)n1cnc2c(NC3CCNCC3)nc(N3CC(O)C3)nc21. The summed E-state index contributed by atoms with van der Waals surface area (Å²) in [4.78, 5) is 16.0. The molecule has 130 valence electrons. The average molecular weight is 331 g/mol. The highest BCUT2D eigenvalue weighted by Gasteiger charge is 2.28. The summed E-state index contributed by atoms with van der Waals surface area (Å²) in [5.41, 5.74) is 1.68. The van der Waals surface area contributed by atoms with Gasteiger partial charge in [-0.2, -0.15) is 9.97 Å². The van der Waals surface area contributed by atoms with Crippen LogP contribution in [0.3, 0.4) is 0 Å². The van der Waals surface area contributed by atoms with Crippen LogP contribution in [0.2, 0.25) is 0 Å². The summed E-state index contributed by atoms with van der Waals surface area (Å²) < 4.78 is 2.07. The second-order valence-electron chi connectivity index (χ2n) is 7.02. The lowest BCUT2D eigenvalue weighted by molar-refractivity contribution is 0.140. The molecule has 2 aliphatic heterocycles. The Labute approximate surface area is 141 Å². The first-order valence-electron chi connectivity index (χ1n) is 8.76. The number of hydrogen-bond acceptors (Lipinski definition) is 7. The zero-order chi connectivity index (χ0) is 16.7. The largest absolute Gasteiger partial charge is 0.389 e. The molecule has 2 aliphatic rings. The van der Waals surface area contributed by atoms with Gasteiger partial charge in [-0.05, 0) is 39.8 Å². The molecule has 4 rings (SSSR count). The van der Waals surface area contributed by atoms with Crippen LogP contribution in [0.1, 0.15) is 32.7 Å². The number of nitrogens with one attached hydrogen (secondary N) is 2. The fourth-order valence-electron chi connectivity index (χ4n) is 3.30. The number of nitrogens with zero attached hydrogens (tertiary/aromatic N) is 5. The Hall–Kier alpha value is -1.93. The van der Waals surface area contributed by atoms with Gasteiger partial charge < -0.3 is 25.2 Å². The lowest BCUT2D eigenvalue weighted by Crippen LogP contribution is -2.51. The van der Waals surface area contributed by atoms with Gasteiger partial charge in [0.15, 0.2) is 17.0 Å². The molecule has 2 fully saturated rings. The van der Waals surface area contributed by atoms with Crippen molar-refractivity contribution in [2.45, 2.75) is 44.9 Å². The quantitative estimate of drug-likeness (QED) is 0.761. The molecule has 0 aromatic carbocycles. The summed E-state index contributed by atoms with van der Waals surface area (Å²) in [6.07, 6.45) is 3.72. The van der Waals surface area contributed by atoms with Gasteiger partial charge in [-0.15, -0.1) is 0 Å². The number of aliphatic hydroxyl groups excluding tert-OH is 1. The molecule has 24 heavy (non-hydrogen) atoms. The van der Waals surface area contributed by atoms with Crippen LogP contribution >= 0.6 is 0 Å². The van der Waals surface area contributed by atoms with Crippen LogP contribution < -0.4 is 15.5 Å². The van der Waals surface area contributed by atoms with Crippen LogP contribution in [-0.4, -0.2) is 63.0 Å². The summed E-state index contributed by atoms with van der Waals surface area (Å²) in [6, 6.07) is 0.690. The molecular formula is C16H25N7O. The molecule has 0 spiro atoms. The van der Waals surface area contributed by atoms with Crippen molar-refractivity contribution in [1.82, 2.24) is 24.8 Å². The normalized spacial score (nSPS) is 19.9. The molecule has 0 bridgehead atoms. The maximum Gasteiger partial charge on any atom is 0.229 e. The number of anilines is 2. The van der Waals surface area contributed by atoms with Crippen LogP contribution in [-0.2, 0) is 0 Å². The minimum atomic E-state index is -0.278. The number of hydrogen-bond donors (Lipinski definition) is 3. The van der Waals surface area contributed by atoms with Crippen molar-refractivity contribution in [3.63, 3.8) is 0 Å². The number of fused-ring (bicyclic) bond motifs is 1. The van der Waals surface area contributed by atoms with Crippen molar-refractivity contribution >= 4 is 22.9 Å². The Morgan fingerprint density at radius 1 is 1.25 bits per heavy atom. The Balaban J connectivity index is 1.72. The third-order valence-electron chi connectivity index (χ3n) is 4.79. The average Bonchev–Trinajstić information content (AvgIpc) is 2.97. The minimum absolute atomic E-state index is 0.278. The minimum Gasteiger partial charge on any atom is -0.389 e. The van der Waals surface area contributed by atoms with E-state index >= 15 is 0 Å². The predicted molar refractivity (Wildman–Crippen MR) is 93.4 cm³/mol. The Morgan fingerprint density at radius 2 is 2.00 bits per heavy atom. The Bertz CT molecular complexity index is 717. The van der Waals surface area contributed by atoms with Crippen molar-refractivity contribution < 1.29 is 5.11 Å². The third kappa shape index (κ3) is 2.80. The van der Waals surface area contributed by atoms with Crippen molar-refractivity contribution in [2.75, 3.05) is 36.4 Å². The van der Waals surface area contributed by atoms with E-state index in [1.807, 2.05) is 11.2 Å². The third-order valence-corrected chi connectivity index (χ3v) is 4.79. The molecule has 2 aromatic heterocycles. The lowest BCUT2D eigenvalue weighted by atomic mass is 10.1. The summed E-state index contributed by atoms with van der Waals surface area (Å²) in [5, 5.41) is 16.5. The zero-order valence-corrected chi connectivity index (χ0v) is 14.2. The first-order chi connectivity index (χ1) is 11.6. The first kappa shape index (κ1) is 15.6. The van der Waals surface area contributed by atoms with E-state index in [4.69, 9.17) is 9.97 Å². The van der Waals surface area contributed by atoms with Gasteiger partial charge in [-0.1, -0.05) is 0 Å². The standard InChI is InChI=1S/C16H25N7O/c1-10(2)23-9-18-13-14(19-11-3-5-17-6-4-11)20-16(21-15(13)23)22-7-12(24)8-22/h9-12,17,24H,3-8H2,1-2H3,(H,19,20,21). The van der Waals surface area contributed by atoms with E-state index in [0.29, 0.717) is 25.1 Å². The molecule has 8 heteroatoms. The van der Waals surface area contributed by atoms with Crippen LogP contribution in [0.15, 0.2) is 6.33 Å². The second kappa shape index (κ2) is 6.18. The molecule has 0 aliphatic carbocycles. The van der Waals surface area contributed by atoms with Gasteiger partial charge in [-0.25, -0.2) is 4.98 Å². The van der Waals surface area contributed by atoms with E-state index in [1.165, 1.54) is 0 Å². The summed E-state index contributed by atoms with van der Waals surface area (Å²) in [7, 11) is 0. The maximum absolute atomic E-state index is 9.59. The van der Waals surface area contributed by atoms with E-state index < -0.39 is 0 Å². The highest BCUT2D eigenvalue weighted by molar-refractivity contribution is 5.84. The van der Waals surface area contributed by atoms with E-state index in [1.54, 1.807) is 0 Å². The fraction of sp³-hybridized carbons (Fsp3) is 0.688. The number of imidazole rings is 1. The number of piperidine rings is 1. The fourth-order valence-corrected chi connectivity index (χ4v) is 3.30. The predicted octanol–water partition coefficient (Wildman–Crippen LogP) is 0.752. The summed E-state index contributed by atoms with van der Waals surface area (Å²) in [5.74, 6) is 1.48. The molecule has 8 nitrogen and oxygen atoms in total. The van der Waals surface area contributed by atoms with Crippen molar-refractivity contribution in [2.24, 2.45) is 0 Å². The number of aromatic nitrogens is 4. The second-order valence-corrected chi connectivity index (χ2v) is 7.02. The van der Waals surface area contributed by atoms with Crippen LogP contribution in [0.4, 0.5) is 11.8 Å². The molecule has 4 heterocycles. The van der Waals surface area contributed by atoms with Crippen molar-refractivity contribution in [1.29, 1.82) is 0 Å². The van der Waals surface area contributed by atoms with Crippen molar-refractivity contribution in [3.8, 4) is 0 Å². The van der Waals surface area contributed by atoms with Gasteiger partial charge in [0.2, 0.25) is 5.95 Å².